The van der Waals surface area contributed by atoms with E-state index in [9.17, 15) is 14.9 Å². The molecule has 0 radical (unpaired) electrons. The Bertz CT molecular complexity index is 925. The first-order valence-electron chi connectivity index (χ1n) is 9.13. The van der Waals surface area contributed by atoms with Crippen molar-refractivity contribution in [1.29, 1.82) is 5.26 Å². The number of hydrogen-bond donors (Lipinski definition) is 1. The second-order valence-electron chi connectivity index (χ2n) is 6.71. The summed E-state index contributed by atoms with van der Waals surface area (Å²) in [6.45, 7) is 3.80. The van der Waals surface area contributed by atoms with E-state index in [1.165, 1.54) is 11.3 Å². The van der Waals surface area contributed by atoms with Gasteiger partial charge in [-0.25, -0.2) is 0 Å². The Morgan fingerprint density at radius 3 is 2.70 bits per heavy atom. The molecular formula is C21H22N2O3S. The Morgan fingerprint density at radius 1 is 1.30 bits per heavy atom. The smallest absolute Gasteiger partial charge is 0.310 e. The van der Waals surface area contributed by atoms with Gasteiger partial charge in [-0.3, -0.25) is 9.59 Å². The fourth-order valence-corrected chi connectivity index (χ4v) is 4.24. The van der Waals surface area contributed by atoms with Crippen molar-refractivity contribution in [3.05, 3.63) is 42.0 Å². The Balaban J connectivity index is 1.81. The molecule has 0 unspecified atom stereocenters. The fraction of sp³-hybridized carbons (Fsp3) is 0.381. The summed E-state index contributed by atoms with van der Waals surface area (Å²) in [5.74, 6) is -1.56. The second kappa shape index (κ2) is 8.36. The van der Waals surface area contributed by atoms with Crippen molar-refractivity contribution in [2.24, 2.45) is 11.8 Å². The van der Waals surface area contributed by atoms with Gasteiger partial charge in [0.1, 0.15) is 11.1 Å². The van der Waals surface area contributed by atoms with Crippen LogP contribution < -0.4 is 5.32 Å². The number of carbonyl (C=O) groups excluding carboxylic acids is 2. The molecule has 0 saturated heterocycles. The zero-order valence-corrected chi connectivity index (χ0v) is 16.2. The van der Waals surface area contributed by atoms with Crippen LogP contribution in [0.15, 0.2) is 36.4 Å². The van der Waals surface area contributed by atoms with Gasteiger partial charge in [0.25, 0.3) is 0 Å². The van der Waals surface area contributed by atoms with Gasteiger partial charge in [0, 0.05) is 10.1 Å². The van der Waals surface area contributed by atoms with Gasteiger partial charge in [-0.05, 0) is 32.3 Å². The number of amides is 1. The molecule has 1 aromatic carbocycles. The lowest BCUT2D eigenvalue weighted by atomic mass is 9.82. The van der Waals surface area contributed by atoms with Crippen LogP contribution in [0.2, 0.25) is 0 Å². The summed E-state index contributed by atoms with van der Waals surface area (Å²) in [7, 11) is 0. The van der Waals surface area contributed by atoms with Gasteiger partial charge in [-0.2, -0.15) is 5.26 Å². The monoisotopic (exact) mass is 382 g/mol. The lowest BCUT2D eigenvalue weighted by molar-refractivity contribution is -0.157. The molecule has 1 heterocycles. The number of rotatable bonds is 5. The second-order valence-corrected chi connectivity index (χ2v) is 7.77. The normalized spacial score (nSPS) is 20.0. The van der Waals surface area contributed by atoms with Crippen LogP contribution in [-0.2, 0) is 14.3 Å². The predicted octanol–water partition coefficient (Wildman–Crippen LogP) is 4.64. The Kier molecular flexibility index (Phi) is 5.92. The third-order valence-corrected chi connectivity index (χ3v) is 5.99. The minimum atomic E-state index is -0.497. The van der Waals surface area contributed by atoms with Crippen molar-refractivity contribution in [1.82, 2.24) is 0 Å². The molecule has 1 aromatic heterocycles. The van der Waals surface area contributed by atoms with Crippen molar-refractivity contribution < 1.29 is 14.3 Å². The standard InChI is InChI=1S/C21H22N2O3S/c1-3-13(2)26-21(25)16-10-5-4-9-15(16)19(24)23-20-17(12-22)14-8-6-7-11-18(14)27-20/h4-8,11,13,15-16H,3,9-10H2,1-2H3,(H,23,24)/t13-,15-,16-/m0/s1. The van der Waals surface area contributed by atoms with Gasteiger partial charge in [-0.1, -0.05) is 37.3 Å². The van der Waals surface area contributed by atoms with Crippen molar-refractivity contribution >= 4 is 38.3 Å². The Morgan fingerprint density at radius 2 is 2.00 bits per heavy atom. The van der Waals surface area contributed by atoms with Gasteiger partial charge in [0.2, 0.25) is 5.91 Å². The molecule has 1 N–H and O–H groups in total. The van der Waals surface area contributed by atoms with Crippen molar-refractivity contribution in [2.45, 2.75) is 39.2 Å². The lowest BCUT2D eigenvalue weighted by Gasteiger charge is -2.27. The minimum absolute atomic E-state index is 0.167. The van der Waals surface area contributed by atoms with Crippen LogP contribution in [0.25, 0.3) is 10.1 Å². The van der Waals surface area contributed by atoms with E-state index in [2.05, 4.69) is 11.4 Å². The molecule has 3 rings (SSSR count). The highest BCUT2D eigenvalue weighted by molar-refractivity contribution is 7.23. The van der Waals surface area contributed by atoms with Crippen molar-refractivity contribution in [3.63, 3.8) is 0 Å². The number of esters is 1. The molecule has 0 saturated carbocycles. The summed E-state index contributed by atoms with van der Waals surface area (Å²) in [5, 5.41) is 13.8. The van der Waals surface area contributed by atoms with Gasteiger partial charge >= 0.3 is 5.97 Å². The molecular weight excluding hydrogens is 360 g/mol. The quantitative estimate of drug-likeness (QED) is 0.604. The highest BCUT2D eigenvalue weighted by Gasteiger charge is 2.36. The maximum Gasteiger partial charge on any atom is 0.310 e. The van der Waals surface area contributed by atoms with E-state index < -0.39 is 11.8 Å². The van der Waals surface area contributed by atoms with Crippen LogP contribution in [0.5, 0.6) is 0 Å². The maximum atomic E-state index is 12.9. The molecule has 140 valence electrons. The molecule has 0 bridgehead atoms. The molecule has 6 heteroatoms. The first kappa shape index (κ1) is 19.1. The fourth-order valence-electron chi connectivity index (χ4n) is 3.18. The number of thiophene rings is 1. The van der Waals surface area contributed by atoms with Crippen LogP contribution in [0.1, 0.15) is 38.7 Å². The molecule has 27 heavy (non-hydrogen) atoms. The highest BCUT2D eigenvalue weighted by atomic mass is 32.1. The summed E-state index contributed by atoms with van der Waals surface area (Å²) in [4.78, 5) is 25.4. The number of hydrogen-bond acceptors (Lipinski definition) is 5. The van der Waals surface area contributed by atoms with E-state index >= 15 is 0 Å². The third-order valence-electron chi connectivity index (χ3n) is 4.91. The number of ether oxygens (including phenoxy) is 1. The minimum Gasteiger partial charge on any atom is -0.462 e. The average molecular weight is 382 g/mol. The number of nitrogens with zero attached hydrogens (tertiary/aromatic N) is 1. The van der Waals surface area contributed by atoms with E-state index in [1.54, 1.807) is 0 Å². The van der Waals surface area contributed by atoms with Gasteiger partial charge < -0.3 is 10.1 Å². The van der Waals surface area contributed by atoms with Gasteiger partial charge in [0.05, 0.1) is 23.5 Å². The molecule has 1 aliphatic carbocycles. The molecule has 0 spiro atoms. The average Bonchev–Trinajstić information content (AvgIpc) is 3.04. The summed E-state index contributed by atoms with van der Waals surface area (Å²) >= 11 is 1.38. The zero-order chi connectivity index (χ0) is 19.4. The highest BCUT2D eigenvalue weighted by Crippen LogP contribution is 2.36. The Labute approximate surface area is 162 Å². The summed E-state index contributed by atoms with van der Waals surface area (Å²) in [5.41, 5.74) is 0.467. The Hall–Kier alpha value is -2.65. The molecule has 0 aliphatic heterocycles. The number of nitrogens with one attached hydrogen (secondary N) is 1. The summed E-state index contributed by atoms with van der Waals surface area (Å²) < 4.78 is 6.40. The summed E-state index contributed by atoms with van der Waals surface area (Å²) in [6, 6.07) is 9.75. The molecule has 5 nitrogen and oxygen atoms in total. The van der Waals surface area contributed by atoms with Crippen molar-refractivity contribution in [3.8, 4) is 6.07 Å². The van der Waals surface area contributed by atoms with Gasteiger partial charge in [0.15, 0.2) is 0 Å². The third kappa shape index (κ3) is 4.04. The molecule has 3 atom stereocenters. The number of allylic oxidation sites excluding steroid dienone is 2. The zero-order valence-electron chi connectivity index (χ0n) is 15.4. The van der Waals surface area contributed by atoms with Crippen LogP contribution in [0.3, 0.4) is 0 Å². The van der Waals surface area contributed by atoms with Crippen LogP contribution in [0, 0.1) is 23.2 Å². The first-order valence-corrected chi connectivity index (χ1v) is 9.94. The maximum absolute atomic E-state index is 12.9. The van der Waals surface area contributed by atoms with E-state index in [4.69, 9.17) is 4.74 Å². The predicted molar refractivity (Wildman–Crippen MR) is 106 cm³/mol. The number of carbonyl (C=O) groups is 2. The molecule has 1 amide bonds. The molecule has 0 fully saturated rings. The van der Waals surface area contributed by atoms with E-state index in [1.807, 2.05) is 50.3 Å². The van der Waals surface area contributed by atoms with E-state index in [-0.39, 0.29) is 18.0 Å². The number of benzene rings is 1. The largest absolute Gasteiger partial charge is 0.462 e. The molecule has 1 aliphatic rings. The van der Waals surface area contributed by atoms with E-state index in [0.29, 0.717) is 23.4 Å². The first-order chi connectivity index (χ1) is 13.0. The summed E-state index contributed by atoms with van der Waals surface area (Å²) in [6.07, 6.45) is 5.39. The molecule has 2 aromatic rings. The number of fused-ring (bicyclic) bond motifs is 1. The van der Waals surface area contributed by atoms with Crippen LogP contribution in [0.4, 0.5) is 5.00 Å². The SMILES string of the molecule is CC[C@H](C)OC(=O)[C@H]1CC=CC[C@@H]1C(=O)Nc1sc2ccccc2c1C#N. The van der Waals surface area contributed by atoms with Crippen LogP contribution >= 0.6 is 11.3 Å². The van der Waals surface area contributed by atoms with E-state index in [0.717, 1.165) is 16.5 Å². The van der Waals surface area contributed by atoms with Crippen LogP contribution in [-0.4, -0.2) is 18.0 Å². The van der Waals surface area contributed by atoms with Gasteiger partial charge in [-0.15, -0.1) is 11.3 Å². The topological polar surface area (TPSA) is 79.2 Å². The lowest BCUT2D eigenvalue weighted by Crippen LogP contribution is -2.36. The van der Waals surface area contributed by atoms with Crippen molar-refractivity contribution in [2.75, 3.05) is 5.32 Å². The number of anilines is 1. The number of nitriles is 1.